The molecule has 2 rings (SSSR count). The Bertz CT molecular complexity index is 762. The van der Waals surface area contributed by atoms with Crippen molar-refractivity contribution in [2.45, 2.75) is 11.9 Å². The Morgan fingerprint density at radius 3 is 2.65 bits per heavy atom. The number of sulfonamides is 1. The van der Waals surface area contributed by atoms with Crippen LogP contribution in [0.5, 0.6) is 0 Å². The van der Waals surface area contributed by atoms with E-state index < -0.39 is 16.0 Å². The minimum absolute atomic E-state index is 0.0562. The molecular formula is C10H12N4O4S2. The molecule has 0 aliphatic carbocycles. The minimum atomic E-state index is -3.91. The average molecular weight is 316 g/mol. The Labute approximate surface area is 119 Å². The first kappa shape index (κ1) is 14.5. The van der Waals surface area contributed by atoms with Gasteiger partial charge in [-0.3, -0.25) is 4.31 Å². The fourth-order valence-electron chi connectivity index (χ4n) is 1.59. The van der Waals surface area contributed by atoms with Crippen molar-refractivity contribution in [3.63, 3.8) is 0 Å². The molecule has 0 aromatic carbocycles. The normalized spacial score (nSPS) is 11.6. The number of carboxylic acids is 1. The molecule has 20 heavy (non-hydrogen) atoms. The zero-order valence-corrected chi connectivity index (χ0v) is 12.6. The van der Waals surface area contributed by atoms with E-state index in [1.54, 1.807) is 7.05 Å². The molecule has 0 aliphatic heterocycles. The first-order chi connectivity index (χ1) is 9.25. The number of imidazole rings is 1. The monoisotopic (exact) mass is 316 g/mol. The lowest BCUT2D eigenvalue weighted by atomic mass is 10.2. The van der Waals surface area contributed by atoms with Gasteiger partial charge in [-0.05, 0) is 18.5 Å². The predicted octanol–water partition coefficient (Wildman–Crippen LogP) is 0.708. The van der Waals surface area contributed by atoms with Gasteiger partial charge in [0.05, 0.1) is 12.0 Å². The molecule has 2 aromatic rings. The van der Waals surface area contributed by atoms with Gasteiger partial charge in [0.15, 0.2) is 5.03 Å². The molecule has 0 fully saturated rings. The average Bonchev–Trinajstić information content (AvgIpc) is 2.94. The molecule has 0 saturated heterocycles. The van der Waals surface area contributed by atoms with Gasteiger partial charge in [0.2, 0.25) is 0 Å². The van der Waals surface area contributed by atoms with E-state index in [4.69, 9.17) is 5.11 Å². The van der Waals surface area contributed by atoms with Gasteiger partial charge in [-0.2, -0.15) is 12.8 Å². The molecular weight excluding hydrogens is 304 g/mol. The Kier molecular flexibility index (Phi) is 3.52. The Morgan fingerprint density at radius 2 is 2.15 bits per heavy atom. The minimum Gasteiger partial charge on any atom is -0.478 e. The second-order valence-corrected chi connectivity index (χ2v) is 6.77. The Morgan fingerprint density at radius 1 is 1.50 bits per heavy atom. The molecule has 108 valence electrons. The number of hydrogen-bond donors (Lipinski definition) is 1. The second kappa shape index (κ2) is 4.87. The molecule has 0 bridgehead atoms. The summed E-state index contributed by atoms with van der Waals surface area (Å²) in [6.45, 7) is 1.52. The molecule has 2 aromatic heterocycles. The van der Waals surface area contributed by atoms with Crippen LogP contribution in [-0.4, -0.2) is 40.5 Å². The van der Waals surface area contributed by atoms with E-state index in [1.165, 1.54) is 31.1 Å². The zero-order valence-electron chi connectivity index (χ0n) is 10.9. The SMILES string of the molecule is Cc1nsc(N(C)S(=O)(=O)c2cn(C)cn2)c1C(=O)O. The molecule has 0 spiro atoms. The van der Waals surface area contributed by atoms with Crippen LogP contribution in [0.3, 0.4) is 0 Å². The number of aryl methyl sites for hydroxylation is 2. The third kappa shape index (κ3) is 2.27. The van der Waals surface area contributed by atoms with Crippen LogP contribution in [0.2, 0.25) is 0 Å². The highest BCUT2D eigenvalue weighted by Gasteiger charge is 2.30. The van der Waals surface area contributed by atoms with E-state index in [1.807, 2.05) is 0 Å². The summed E-state index contributed by atoms with van der Waals surface area (Å²) in [6, 6.07) is 0. The highest BCUT2D eigenvalue weighted by molar-refractivity contribution is 7.92. The van der Waals surface area contributed by atoms with E-state index in [2.05, 4.69) is 9.36 Å². The summed E-state index contributed by atoms with van der Waals surface area (Å²) in [5, 5.41) is 9.06. The number of anilines is 1. The quantitative estimate of drug-likeness (QED) is 0.890. The van der Waals surface area contributed by atoms with Crippen LogP contribution < -0.4 is 4.31 Å². The third-order valence-corrected chi connectivity index (χ3v) is 5.43. The van der Waals surface area contributed by atoms with Crippen LogP contribution in [0.1, 0.15) is 16.1 Å². The molecule has 10 heteroatoms. The summed E-state index contributed by atoms with van der Waals surface area (Å²) in [7, 11) is -0.980. The van der Waals surface area contributed by atoms with E-state index in [9.17, 15) is 13.2 Å². The largest absolute Gasteiger partial charge is 0.478 e. The van der Waals surface area contributed by atoms with E-state index in [0.717, 1.165) is 15.8 Å². The lowest BCUT2D eigenvalue weighted by molar-refractivity contribution is 0.0697. The van der Waals surface area contributed by atoms with Gasteiger partial charge in [-0.15, -0.1) is 0 Å². The first-order valence-corrected chi connectivity index (χ1v) is 7.63. The maximum absolute atomic E-state index is 12.4. The van der Waals surface area contributed by atoms with Gasteiger partial charge in [0.1, 0.15) is 10.6 Å². The molecule has 8 nitrogen and oxygen atoms in total. The van der Waals surface area contributed by atoms with Crippen molar-refractivity contribution in [3.05, 3.63) is 23.8 Å². The zero-order chi connectivity index (χ0) is 15.1. The molecule has 0 unspecified atom stereocenters. The molecule has 1 N–H and O–H groups in total. The number of carbonyl (C=O) groups is 1. The molecule has 2 heterocycles. The molecule has 0 radical (unpaired) electrons. The van der Waals surface area contributed by atoms with Gasteiger partial charge < -0.3 is 9.67 Å². The lowest BCUT2D eigenvalue weighted by Crippen LogP contribution is -2.27. The number of carboxylic acid groups (broad SMARTS) is 1. The van der Waals surface area contributed by atoms with Crippen molar-refractivity contribution in [2.24, 2.45) is 7.05 Å². The number of rotatable bonds is 4. The van der Waals surface area contributed by atoms with Crippen molar-refractivity contribution in [2.75, 3.05) is 11.4 Å². The highest BCUT2D eigenvalue weighted by Crippen LogP contribution is 2.31. The van der Waals surface area contributed by atoms with Gasteiger partial charge in [-0.1, -0.05) is 0 Å². The van der Waals surface area contributed by atoms with Crippen LogP contribution >= 0.6 is 11.5 Å². The van der Waals surface area contributed by atoms with E-state index in [0.29, 0.717) is 0 Å². The van der Waals surface area contributed by atoms with Gasteiger partial charge in [0, 0.05) is 20.3 Å². The maximum Gasteiger partial charge on any atom is 0.340 e. The lowest BCUT2D eigenvalue weighted by Gasteiger charge is -2.16. The van der Waals surface area contributed by atoms with Gasteiger partial charge >= 0.3 is 5.97 Å². The summed E-state index contributed by atoms with van der Waals surface area (Å²) in [5.41, 5.74) is 0.164. The van der Waals surface area contributed by atoms with Gasteiger partial charge in [-0.25, -0.2) is 9.78 Å². The first-order valence-electron chi connectivity index (χ1n) is 5.41. The topological polar surface area (TPSA) is 105 Å². The van der Waals surface area contributed by atoms with Crippen LogP contribution in [0.15, 0.2) is 17.6 Å². The van der Waals surface area contributed by atoms with E-state index in [-0.39, 0.29) is 21.3 Å². The number of aromatic nitrogens is 3. The molecule has 0 amide bonds. The third-order valence-electron chi connectivity index (χ3n) is 2.65. The van der Waals surface area contributed by atoms with Crippen molar-refractivity contribution >= 4 is 32.5 Å². The molecule has 0 atom stereocenters. The number of hydrogen-bond acceptors (Lipinski definition) is 6. The van der Waals surface area contributed by atoms with Crippen LogP contribution in [-0.2, 0) is 17.1 Å². The highest BCUT2D eigenvalue weighted by atomic mass is 32.2. The summed E-state index contributed by atoms with van der Waals surface area (Å²) in [6.07, 6.45) is 2.71. The van der Waals surface area contributed by atoms with Crippen molar-refractivity contribution in [1.82, 2.24) is 13.9 Å². The van der Waals surface area contributed by atoms with Crippen LogP contribution in [0, 0.1) is 6.92 Å². The van der Waals surface area contributed by atoms with Crippen molar-refractivity contribution in [1.29, 1.82) is 0 Å². The van der Waals surface area contributed by atoms with Crippen LogP contribution in [0.25, 0.3) is 0 Å². The predicted molar refractivity (Wildman–Crippen MR) is 72.6 cm³/mol. The smallest absolute Gasteiger partial charge is 0.340 e. The fraction of sp³-hybridized carbons (Fsp3) is 0.300. The standard InChI is InChI=1S/C10H12N4O4S2/c1-6-8(10(15)16)9(19-12-6)14(3)20(17,18)7-4-13(2)5-11-7/h4-5H,1-3H3,(H,15,16). The van der Waals surface area contributed by atoms with Crippen molar-refractivity contribution < 1.29 is 18.3 Å². The fourth-order valence-corrected chi connectivity index (χ4v) is 3.81. The number of aromatic carboxylic acids is 1. The maximum atomic E-state index is 12.4. The summed E-state index contributed by atoms with van der Waals surface area (Å²) < 4.78 is 31.0. The van der Waals surface area contributed by atoms with Crippen molar-refractivity contribution in [3.8, 4) is 0 Å². The Balaban J connectivity index is 2.51. The van der Waals surface area contributed by atoms with Crippen LogP contribution in [0.4, 0.5) is 5.00 Å². The van der Waals surface area contributed by atoms with E-state index >= 15 is 0 Å². The number of nitrogens with zero attached hydrogens (tertiary/aromatic N) is 4. The van der Waals surface area contributed by atoms with Gasteiger partial charge in [0.25, 0.3) is 10.0 Å². The summed E-state index contributed by atoms with van der Waals surface area (Å²) in [5.74, 6) is -1.21. The Hall–Kier alpha value is -1.94. The summed E-state index contributed by atoms with van der Waals surface area (Å²) >= 11 is 0.822. The molecule has 0 aliphatic rings. The molecule has 0 saturated carbocycles. The summed E-state index contributed by atoms with van der Waals surface area (Å²) in [4.78, 5) is 15.0. The second-order valence-electron chi connectivity index (χ2n) is 4.10.